The van der Waals surface area contributed by atoms with Gasteiger partial charge in [-0.2, -0.15) is 0 Å². The zero-order valence-corrected chi connectivity index (χ0v) is 10.0. The van der Waals surface area contributed by atoms with Crippen molar-refractivity contribution < 1.29 is 4.79 Å². The molecule has 0 bridgehead atoms. The van der Waals surface area contributed by atoms with E-state index < -0.39 is 0 Å². The third kappa shape index (κ3) is 4.65. The maximum atomic E-state index is 11.6. The molecule has 0 saturated heterocycles. The van der Waals surface area contributed by atoms with Crippen LogP contribution >= 0.6 is 0 Å². The van der Waals surface area contributed by atoms with E-state index in [2.05, 4.69) is 17.6 Å². The SMILES string of the molecule is CNCCC(=O)NC1CCCCCC1C. The van der Waals surface area contributed by atoms with Gasteiger partial charge in [0.15, 0.2) is 0 Å². The van der Waals surface area contributed by atoms with Crippen molar-refractivity contribution in [2.45, 2.75) is 51.5 Å². The van der Waals surface area contributed by atoms with Gasteiger partial charge in [-0.25, -0.2) is 0 Å². The normalized spacial score (nSPS) is 27.1. The Labute approximate surface area is 93.0 Å². The number of carbonyl (C=O) groups is 1. The zero-order chi connectivity index (χ0) is 11.1. The molecule has 1 fully saturated rings. The first-order valence-corrected chi connectivity index (χ1v) is 6.18. The van der Waals surface area contributed by atoms with E-state index in [1.54, 1.807) is 0 Å². The molecule has 2 N–H and O–H groups in total. The Morgan fingerprint density at radius 1 is 1.27 bits per heavy atom. The summed E-state index contributed by atoms with van der Waals surface area (Å²) >= 11 is 0. The molecule has 1 aliphatic rings. The molecule has 2 atom stereocenters. The highest BCUT2D eigenvalue weighted by Gasteiger charge is 2.20. The summed E-state index contributed by atoms with van der Waals surface area (Å²) in [6.45, 7) is 3.03. The average molecular weight is 212 g/mol. The lowest BCUT2D eigenvalue weighted by Crippen LogP contribution is -2.39. The molecule has 0 aromatic rings. The van der Waals surface area contributed by atoms with E-state index in [9.17, 15) is 4.79 Å². The highest BCUT2D eigenvalue weighted by Crippen LogP contribution is 2.22. The standard InChI is InChI=1S/C12H24N2O/c1-10-6-4-3-5-7-11(10)14-12(15)8-9-13-2/h10-11,13H,3-9H2,1-2H3,(H,14,15). The van der Waals surface area contributed by atoms with Crippen LogP contribution in [0.15, 0.2) is 0 Å². The minimum atomic E-state index is 0.197. The van der Waals surface area contributed by atoms with Crippen molar-refractivity contribution in [1.82, 2.24) is 10.6 Å². The number of carbonyl (C=O) groups excluding carboxylic acids is 1. The number of amides is 1. The molecule has 0 aliphatic heterocycles. The Balaban J connectivity index is 2.30. The van der Waals surface area contributed by atoms with Crippen molar-refractivity contribution in [3.63, 3.8) is 0 Å². The highest BCUT2D eigenvalue weighted by molar-refractivity contribution is 5.76. The first kappa shape index (κ1) is 12.5. The Kier molecular flexibility index (Phi) is 5.69. The largest absolute Gasteiger partial charge is 0.353 e. The van der Waals surface area contributed by atoms with E-state index in [4.69, 9.17) is 0 Å². The molecule has 1 rings (SSSR count). The molecular formula is C12H24N2O. The molecule has 0 aromatic carbocycles. The molecule has 15 heavy (non-hydrogen) atoms. The fourth-order valence-electron chi connectivity index (χ4n) is 2.22. The van der Waals surface area contributed by atoms with Gasteiger partial charge in [0.2, 0.25) is 5.91 Å². The summed E-state index contributed by atoms with van der Waals surface area (Å²) in [4.78, 5) is 11.6. The fraction of sp³-hybridized carbons (Fsp3) is 0.917. The van der Waals surface area contributed by atoms with Crippen LogP contribution in [-0.2, 0) is 4.79 Å². The lowest BCUT2D eigenvalue weighted by molar-refractivity contribution is -0.122. The van der Waals surface area contributed by atoms with Crippen LogP contribution in [0.4, 0.5) is 0 Å². The van der Waals surface area contributed by atoms with Crippen molar-refractivity contribution in [1.29, 1.82) is 0 Å². The second kappa shape index (κ2) is 6.83. The van der Waals surface area contributed by atoms with Crippen LogP contribution in [0.2, 0.25) is 0 Å². The second-order valence-electron chi connectivity index (χ2n) is 4.64. The molecule has 3 nitrogen and oxygen atoms in total. The van der Waals surface area contributed by atoms with E-state index in [1.165, 1.54) is 25.7 Å². The van der Waals surface area contributed by atoms with Crippen molar-refractivity contribution in [3.8, 4) is 0 Å². The van der Waals surface area contributed by atoms with Crippen LogP contribution in [0.1, 0.15) is 45.4 Å². The van der Waals surface area contributed by atoms with Crippen molar-refractivity contribution in [2.75, 3.05) is 13.6 Å². The number of hydrogen-bond donors (Lipinski definition) is 2. The van der Waals surface area contributed by atoms with E-state index >= 15 is 0 Å². The lowest BCUT2D eigenvalue weighted by atomic mass is 9.97. The third-order valence-corrected chi connectivity index (χ3v) is 3.31. The summed E-state index contributed by atoms with van der Waals surface area (Å²) in [6.07, 6.45) is 6.93. The van der Waals surface area contributed by atoms with E-state index in [0.717, 1.165) is 13.0 Å². The topological polar surface area (TPSA) is 41.1 Å². The molecule has 0 heterocycles. The van der Waals surface area contributed by atoms with Crippen LogP contribution in [0, 0.1) is 5.92 Å². The fourth-order valence-corrected chi connectivity index (χ4v) is 2.22. The van der Waals surface area contributed by atoms with Gasteiger partial charge in [-0.15, -0.1) is 0 Å². The maximum absolute atomic E-state index is 11.6. The maximum Gasteiger partial charge on any atom is 0.221 e. The average Bonchev–Trinajstić information content (AvgIpc) is 2.42. The van der Waals surface area contributed by atoms with Gasteiger partial charge in [0, 0.05) is 19.0 Å². The summed E-state index contributed by atoms with van der Waals surface area (Å²) in [6, 6.07) is 0.414. The minimum absolute atomic E-state index is 0.197. The molecule has 1 saturated carbocycles. The Morgan fingerprint density at radius 3 is 2.73 bits per heavy atom. The molecule has 3 heteroatoms. The van der Waals surface area contributed by atoms with Gasteiger partial charge in [-0.3, -0.25) is 4.79 Å². The predicted octanol–water partition coefficient (Wildman–Crippen LogP) is 1.68. The van der Waals surface area contributed by atoms with Gasteiger partial charge >= 0.3 is 0 Å². The van der Waals surface area contributed by atoms with E-state index in [0.29, 0.717) is 18.4 Å². The minimum Gasteiger partial charge on any atom is -0.353 e. The molecule has 88 valence electrons. The Bertz CT molecular complexity index is 194. The van der Waals surface area contributed by atoms with Gasteiger partial charge < -0.3 is 10.6 Å². The van der Waals surface area contributed by atoms with Crippen LogP contribution in [0.5, 0.6) is 0 Å². The monoisotopic (exact) mass is 212 g/mol. The molecule has 1 aliphatic carbocycles. The van der Waals surface area contributed by atoms with Crippen LogP contribution < -0.4 is 10.6 Å². The molecule has 0 aromatic heterocycles. The van der Waals surface area contributed by atoms with E-state index in [1.807, 2.05) is 7.05 Å². The van der Waals surface area contributed by atoms with Gasteiger partial charge in [0.05, 0.1) is 0 Å². The molecular weight excluding hydrogens is 188 g/mol. The first-order valence-electron chi connectivity index (χ1n) is 6.18. The smallest absolute Gasteiger partial charge is 0.221 e. The quantitative estimate of drug-likeness (QED) is 0.696. The van der Waals surface area contributed by atoms with Gasteiger partial charge in [0.1, 0.15) is 0 Å². The number of rotatable bonds is 4. The number of nitrogens with one attached hydrogen (secondary N) is 2. The van der Waals surface area contributed by atoms with E-state index in [-0.39, 0.29) is 5.91 Å². The second-order valence-corrected chi connectivity index (χ2v) is 4.64. The molecule has 1 amide bonds. The van der Waals surface area contributed by atoms with Crippen molar-refractivity contribution >= 4 is 5.91 Å². The highest BCUT2D eigenvalue weighted by atomic mass is 16.1. The summed E-state index contributed by atoms with van der Waals surface area (Å²) in [7, 11) is 1.88. The van der Waals surface area contributed by atoms with Gasteiger partial charge in [-0.05, 0) is 25.8 Å². The summed E-state index contributed by atoms with van der Waals surface area (Å²) < 4.78 is 0. The van der Waals surface area contributed by atoms with Crippen molar-refractivity contribution in [3.05, 3.63) is 0 Å². The number of hydrogen-bond acceptors (Lipinski definition) is 2. The van der Waals surface area contributed by atoms with Crippen LogP contribution in [0.3, 0.4) is 0 Å². The summed E-state index contributed by atoms with van der Waals surface area (Å²) in [5.74, 6) is 0.842. The Hall–Kier alpha value is -0.570. The zero-order valence-electron chi connectivity index (χ0n) is 10.0. The molecule has 2 unspecified atom stereocenters. The first-order chi connectivity index (χ1) is 7.24. The van der Waals surface area contributed by atoms with Gasteiger partial charge in [0.25, 0.3) is 0 Å². The molecule has 0 spiro atoms. The lowest BCUT2D eigenvalue weighted by Gasteiger charge is -2.22. The van der Waals surface area contributed by atoms with Crippen LogP contribution in [-0.4, -0.2) is 25.5 Å². The van der Waals surface area contributed by atoms with Crippen molar-refractivity contribution in [2.24, 2.45) is 5.92 Å². The van der Waals surface area contributed by atoms with Gasteiger partial charge in [-0.1, -0.05) is 26.2 Å². The third-order valence-electron chi connectivity index (χ3n) is 3.31. The summed E-state index contributed by atoms with van der Waals surface area (Å²) in [5.41, 5.74) is 0. The molecule has 0 radical (unpaired) electrons. The summed E-state index contributed by atoms with van der Waals surface area (Å²) in [5, 5.41) is 6.16. The predicted molar refractivity (Wildman–Crippen MR) is 62.7 cm³/mol. The Morgan fingerprint density at radius 2 is 2.00 bits per heavy atom. The van der Waals surface area contributed by atoms with Crippen LogP contribution in [0.25, 0.3) is 0 Å².